The van der Waals surface area contributed by atoms with Gasteiger partial charge in [-0.3, -0.25) is 0 Å². The van der Waals surface area contributed by atoms with Crippen LogP contribution in [0.25, 0.3) is 0 Å². The van der Waals surface area contributed by atoms with E-state index in [9.17, 15) is 4.79 Å². The van der Waals surface area contributed by atoms with E-state index in [4.69, 9.17) is 4.43 Å². The molecular weight excluding hydrogens is 228 g/mol. The maximum absolute atomic E-state index is 11.6. The zero-order chi connectivity index (χ0) is 12.1. The molecule has 0 aliphatic carbocycles. The van der Waals surface area contributed by atoms with Crippen molar-refractivity contribution in [1.29, 1.82) is 0 Å². The highest BCUT2D eigenvalue weighted by Gasteiger charge is 2.38. The normalized spacial score (nSPS) is 11.1. The monoisotopic (exact) mass is 242 g/mol. The van der Waals surface area contributed by atoms with Crippen molar-refractivity contribution < 1.29 is 9.22 Å². The first-order valence-corrected chi connectivity index (χ1v) is 7.44. The molecule has 0 spiro atoms. The lowest BCUT2D eigenvalue weighted by Gasteiger charge is -2.24. The summed E-state index contributed by atoms with van der Waals surface area (Å²) in [5.41, 5.74) is 0. The third-order valence-corrected chi connectivity index (χ3v) is 6.25. The molecule has 86 valence electrons. The van der Waals surface area contributed by atoms with Crippen LogP contribution in [0.3, 0.4) is 0 Å². The Kier molecular flexibility index (Phi) is 3.51. The topological polar surface area (TPSA) is 26.3 Å². The van der Waals surface area contributed by atoms with Crippen LogP contribution in [0.4, 0.5) is 0 Å². The molecule has 0 bridgehead atoms. The van der Waals surface area contributed by atoms with Crippen molar-refractivity contribution in [2.24, 2.45) is 0 Å². The lowest BCUT2D eigenvalue weighted by molar-refractivity contribution is 0.424. The second-order valence-electron chi connectivity index (χ2n) is 3.79. The van der Waals surface area contributed by atoms with Crippen LogP contribution in [-0.2, 0) is 9.22 Å². The van der Waals surface area contributed by atoms with E-state index < -0.39 is 8.32 Å². The molecule has 0 N–H and O–H groups in total. The van der Waals surface area contributed by atoms with Crippen LogP contribution in [0.5, 0.6) is 0 Å². The first-order chi connectivity index (χ1) is 8.33. The van der Waals surface area contributed by atoms with Gasteiger partial charge in [0.25, 0.3) is 0 Å². The molecule has 0 unspecified atom stereocenters. The van der Waals surface area contributed by atoms with Crippen LogP contribution in [-0.4, -0.2) is 21.3 Å². The van der Waals surface area contributed by atoms with Crippen LogP contribution in [0.15, 0.2) is 60.7 Å². The number of carbonyl (C=O) groups excluding carboxylic acids is 1. The van der Waals surface area contributed by atoms with Crippen molar-refractivity contribution in [2.45, 2.75) is 0 Å². The fraction of sp³-hybridized carbons (Fsp3) is 0.0714. The minimum Gasteiger partial charge on any atom is -0.406 e. The van der Waals surface area contributed by atoms with Crippen molar-refractivity contribution in [3.8, 4) is 0 Å². The Labute approximate surface area is 102 Å². The highest BCUT2D eigenvalue weighted by atomic mass is 28.4. The number of carbonyl (C=O) groups is 1. The Morgan fingerprint density at radius 2 is 1.29 bits per heavy atom. The molecule has 2 nitrogen and oxygen atoms in total. The van der Waals surface area contributed by atoms with Crippen LogP contribution >= 0.6 is 0 Å². The minimum absolute atomic E-state index is 0.976. The van der Waals surface area contributed by atoms with Gasteiger partial charge in [0.2, 0.25) is 0 Å². The van der Waals surface area contributed by atoms with Crippen molar-refractivity contribution in [1.82, 2.24) is 0 Å². The van der Waals surface area contributed by atoms with Gasteiger partial charge in [-0.05, 0) is 10.4 Å². The largest absolute Gasteiger partial charge is 0.406 e. The third-order valence-electron chi connectivity index (χ3n) is 2.89. The first-order valence-electron chi connectivity index (χ1n) is 5.46. The molecule has 0 saturated heterocycles. The Morgan fingerprint density at radius 3 is 1.59 bits per heavy atom. The lowest BCUT2D eigenvalue weighted by Crippen LogP contribution is -2.62. The number of hydrogen-bond acceptors (Lipinski definition) is 2. The SMILES string of the molecule is CO[Si](C=O)(c1ccccc1)c1ccccc1. The van der Waals surface area contributed by atoms with Crippen molar-refractivity contribution >= 4 is 24.6 Å². The molecule has 0 atom stereocenters. The van der Waals surface area contributed by atoms with Gasteiger partial charge in [-0.1, -0.05) is 60.7 Å². The second-order valence-corrected chi connectivity index (χ2v) is 7.06. The molecule has 0 saturated carbocycles. The van der Waals surface area contributed by atoms with Gasteiger partial charge >= 0.3 is 8.32 Å². The fourth-order valence-corrected chi connectivity index (χ4v) is 4.51. The average Bonchev–Trinajstić information content (AvgIpc) is 2.43. The summed E-state index contributed by atoms with van der Waals surface area (Å²) >= 11 is 0. The zero-order valence-electron chi connectivity index (χ0n) is 9.67. The Bertz CT molecular complexity index is 443. The maximum Gasteiger partial charge on any atom is 0.323 e. The molecule has 3 heteroatoms. The predicted molar refractivity (Wildman–Crippen MR) is 71.7 cm³/mol. The van der Waals surface area contributed by atoms with E-state index in [1.165, 1.54) is 0 Å². The molecule has 0 aliphatic rings. The van der Waals surface area contributed by atoms with Gasteiger partial charge in [-0.2, -0.15) is 0 Å². The summed E-state index contributed by atoms with van der Waals surface area (Å²) in [6.07, 6.45) is 0. The minimum atomic E-state index is -2.68. The number of benzene rings is 2. The van der Waals surface area contributed by atoms with E-state index in [2.05, 4.69) is 0 Å². The van der Waals surface area contributed by atoms with Crippen LogP contribution in [0.1, 0.15) is 0 Å². The van der Waals surface area contributed by atoms with Crippen LogP contribution < -0.4 is 10.4 Å². The Morgan fingerprint density at radius 1 is 0.882 bits per heavy atom. The van der Waals surface area contributed by atoms with E-state index >= 15 is 0 Å². The highest BCUT2D eigenvalue weighted by Crippen LogP contribution is 2.03. The summed E-state index contributed by atoms with van der Waals surface area (Å²) in [6, 6.07) is 19.4. The molecule has 0 amide bonds. The molecule has 2 aromatic rings. The summed E-state index contributed by atoms with van der Waals surface area (Å²) in [5, 5.41) is 1.95. The standard InChI is InChI=1S/C14H14O2Si/c1-16-17(12-15,13-8-4-2-5-9-13)14-10-6-3-7-11-14/h2-12H,1H3. The molecule has 17 heavy (non-hydrogen) atoms. The van der Waals surface area contributed by atoms with Crippen LogP contribution in [0.2, 0.25) is 0 Å². The zero-order valence-corrected chi connectivity index (χ0v) is 10.7. The molecule has 0 aliphatic heterocycles. The highest BCUT2D eigenvalue weighted by molar-refractivity contribution is 7.15. The summed E-state index contributed by atoms with van der Waals surface area (Å²) in [6.45, 7) is 0. The quantitative estimate of drug-likeness (QED) is 0.594. The van der Waals surface area contributed by atoms with Crippen molar-refractivity contribution in [2.75, 3.05) is 7.11 Å². The lowest BCUT2D eigenvalue weighted by atomic mass is 10.4. The van der Waals surface area contributed by atoms with E-state index in [0.29, 0.717) is 0 Å². The van der Waals surface area contributed by atoms with Gasteiger partial charge < -0.3 is 9.22 Å². The van der Waals surface area contributed by atoms with Gasteiger partial charge in [-0.25, -0.2) is 0 Å². The summed E-state index contributed by atoms with van der Waals surface area (Å²) in [7, 11) is -1.06. The van der Waals surface area contributed by atoms with Gasteiger partial charge in [0.05, 0.1) is 0 Å². The summed E-state index contributed by atoms with van der Waals surface area (Å²) in [5.74, 6) is 0.984. The molecule has 0 fully saturated rings. The van der Waals surface area contributed by atoms with E-state index in [-0.39, 0.29) is 0 Å². The smallest absolute Gasteiger partial charge is 0.323 e. The van der Waals surface area contributed by atoms with Gasteiger partial charge in [0.1, 0.15) is 5.91 Å². The van der Waals surface area contributed by atoms with Gasteiger partial charge in [0, 0.05) is 7.11 Å². The predicted octanol–water partition coefficient (Wildman–Crippen LogP) is 1.16. The molecule has 0 aromatic heterocycles. The Hall–Kier alpha value is -1.71. The van der Waals surface area contributed by atoms with Gasteiger partial charge in [0.15, 0.2) is 0 Å². The summed E-state index contributed by atoms with van der Waals surface area (Å²) < 4.78 is 5.63. The molecule has 2 aromatic carbocycles. The van der Waals surface area contributed by atoms with Gasteiger partial charge in [-0.15, -0.1) is 0 Å². The second kappa shape index (κ2) is 5.08. The third kappa shape index (κ3) is 2.07. The number of rotatable bonds is 4. The summed E-state index contributed by atoms with van der Waals surface area (Å²) in [4.78, 5) is 11.6. The van der Waals surface area contributed by atoms with Crippen molar-refractivity contribution in [3.63, 3.8) is 0 Å². The molecule has 0 radical (unpaired) electrons. The van der Waals surface area contributed by atoms with E-state index in [1.807, 2.05) is 60.7 Å². The molecular formula is C14H14O2Si. The first kappa shape index (κ1) is 11.8. The van der Waals surface area contributed by atoms with E-state index in [1.54, 1.807) is 7.11 Å². The van der Waals surface area contributed by atoms with Crippen LogP contribution in [0, 0.1) is 0 Å². The van der Waals surface area contributed by atoms with Crippen molar-refractivity contribution in [3.05, 3.63) is 60.7 Å². The number of hydrogen-bond donors (Lipinski definition) is 0. The van der Waals surface area contributed by atoms with E-state index in [0.717, 1.165) is 16.3 Å². The molecule has 2 rings (SSSR count). The Balaban J connectivity index is 2.58. The maximum atomic E-state index is 11.6. The average molecular weight is 242 g/mol. The fourth-order valence-electron chi connectivity index (χ4n) is 1.96. The molecule has 0 heterocycles.